The highest BCUT2D eigenvalue weighted by atomic mass is 79.9. The first-order valence-corrected chi connectivity index (χ1v) is 12.7. The fourth-order valence-electron chi connectivity index (χ4n) is 2.38. The van der Waals surface area contributed by atoms with Crippen molar-refractivity contribution < 1.29 is 4.43 Å². The fourth-order valence-corrected chi connectivity index (χ4v) is 3.86. The number of hydrogen-bond donors (Lipinski definition) is 1. The second kappa shape index (κ2) is 8.57. The highest BCUT2D eigenvalue weighted by Gasteiger charge is 2.37. The van der Waals surface area contributed by atoms with Gasteiger partial charge in [-0.1, -0.05) is 48.8 Å². The zero-order chi connectivity index (χ0) is 20.2. The SMILES string of the molecule is CC(C)(C)[Si](C)(C)OCc1cccc(Br)c1CN(N)c1ccc(C#N)cc1. The lowest BCUT2D eigenvalue weighted by Crippen LogP contribution is -2.40. The molecule has 4 nitrogen and oxygen atoms in total. The largest absolute Gasteiger partial charge is 0.413 e. The number of rotatable bonds is 6. The summed E-state index contributed by atoms with van der Waals surface area (Å²) >= 11 is 3.66. The second-order valence-corrected chi connectivity index (χ2v) is 13.9. The molecule has 0 aliphatic carbocycles. The summed E-state index contributed by atoms with van der Waals surface area (Å²) in [6.07, 6.45) is 0. The van der Waals surface area contributed by atoms with Crippen molar-refractivity contribution in [3.8, 4) is 6.07 Å². The van der Waals surface area contributed by atoms with Gasteiger partial charge >= 0.3 is 0 Å². The van der Waals surface area contributed by atoms with Gasteiger partial charge in [0.05, 0.1) is 30.5 Å². The van der Waals surface area contributed by atoms with Crippen LogP contribution >= 0.6 is 15.9 Å². The van der Waals surface area contributed by atoms with Gasteiger partial charge in [-0.25, -0.2) is 5.84 Å². The molecule has 0 aliphatic rings. The summed E-state index contributed by atoms with van der Waals surface area (Å²) < 4.78 is 7.43. The van der Waals surface area contributed by atoms with Gasteiger partial charge in [0.15, 0.2) is 8.32 Å². The van der Waals surface area contributed by atoms with Gasteiger partial charge in [0.25, 0.3) is 0 Å². The molecule has 6 heteroatoms. The van der Waals surface area contributed by atoms with Gasteiger partial charge in [0, 0.05) is 4.47 Å². The summed E-state index contributed by atoms with van der Waals surface area (Å²) in [5, 5.41) is 10.8. The van der Waals surface area contributed by atoms with Gasteiger partial charge in [-0.15, -0.1) is 0 Å². The Morgan fingerprint density at radius 1 is 1.15 bits per heavy atom. The van der Waals surface area contributed by atoms with Gasteiger partial charge in [-0.2, -0.15) is 5.26 Å². The number of nitrogens with two attached hydrogens (primary N) is 1. The van der Waals surface area contributed by atoms with E-state index >= 15 is 0 Å². The molecule has 2 aromatic carbocycles. The van der Waals surface area contributed by atoms with E-state index in [1.807, 2.05) is 24.3 Å². The predicted octanol–water partition coefficient (Wildman–Crippen LogP) is 5.72. The van der Waals surface area contributed by atoms with Gasteiger partial charge < -0.3 is 9.43 Å². The van der Waals surface area contributed by atoms with E-state index in [9.17, 15) is 0 Å². The van der Waals surface area contributed by atoms with E-state index in [4.69, 9.17) is 15.5 Å². The molecule has 2 rings (SSSR count). The van der Waals surface area contributed by atoms with Crippen LogP contribution < -0.4 is 10.9 Å². The molecule has 0 heterocycles. The lowest BCUT2D eigenvalue weighted by molar-refractivity contribution is 0.275. The number of halogens is 1. The average Bonchev–Trinajstić information content (AvgIpc) is 2.61. The van der Waals surface area contributed by atoms with Crippen LogP contribution in [0.15, 0.2) is 46.9 Å². The van der Waals surface area contributed by atoms with E-state index in [1.165, 1.54) is 0 Å². The zero-order valence-electron chi connectivity index (χ0n) is 16.7. The van der Waals surface area contributed by atoms with Crippen molar-refractivity contribution in [2.45, 2.75) is 52.1 Å². The van der Waals surface area contributed by atoms with Crippen LogP contribution in [0.5, 0.6) is 0 Å². The Balaban J connectivity index is 2.20. The van der Waals surface area contributed by atoms with Gasteiger partial charge in [-0.05, 0) is 59.6 Å². The van der Waals surface area contributed by atoms with Crippen LogP contribution in [0.3, 0.4) is 0 Å². The Kier molecular flexibility index (Phi) is 6.87. The molecule has 0 saturated heterocycles. The van der Waals surface area contributed by atoms with Crippen LogP contribution in [0.4, 0.5) is 5.69 Å². The molecule has 0 aromatic heterocycles. The van der Waals surface area contributed by atoms with Crippen molar-refractivity contribution in [2.75, 3.05) is 5.01 Å². The lowest BCUT2D eigenvalue weighted by Gasteiger charge is -2.36. The van der Waals surface area contributed by atoms with Crippen molar-refractivity contribution >= 4 is 29.9 Å². The minimum Gasteiger partial charge on any atom is -0.413 e. The number of hydrazine groups is 1. The molecule has 2 N–H and O–H groups in total. The van der Waals surface area contributed by atoms with Crippen LogP contribution in [0, 0.1) is 11.3 Å². The van der Waals surface area contributed by atoms with Crippen LogP contribution in [0.2, 0.25) is 18.1 Å². The van der Waals surface area contributed by atoms with E-state index in [-0.39, 0.29) is 5.04 Å². The standard InChI is InChI=1S/C21H28BrN3OSi/c1-21(2,3)27(4,5)26-15-17-7-6-8-20(22)19(17)14-25(24)18-11-9-16(13-23)10-12-18/h6-12H,14-15,24H2,1-5H3. The third-order valence-electron chi connectivity index (χ3n) is 5.27. The number of nitriles is 1. The summed E-state index contributed by atoms with van der Waals surface area (Å²) in [6.45, 7) is 12.4. The Morgan fingerprint density at radius 3 is 2.33 bits per heavy atom. The Bertz CT molecular complexity index is 823. The Morgan fingerprint density at radius 2 is 1.78 bits per heavy atom. The van der Waals surface area contributed by atoms with Gasteiger partial charge in [-0.3, -0.25) is 0 Å². The molecular weight excluding hydrogens is 418 g/mol. The molecule has 2 aromatic rings. The van der Waals surface area contributed by atoms with Crippen molar-refractivity contribution in [1.29, 1.82) is 5.26 Å². The molecule has 27 heavy (non-hydrogen) atoms. The normalized spacial score (nSPS) is 11.9. The molecule has 0 aliphatic heterocycles. The summed E-state index contributed by atoms with van der Waals surface area (Å²) in [6, 6.07) is 15.5. The third-order valence-corrected chi connectivity index (χ3v) is 10.5. The maximum atomic E-state index is 8.95. The number of nitrogens with zero attached hydrogens (tertiary/aromatic N) is 2. The molecule has 0 bridgehead atoms. The minimum absolute atomic E-state index is 0.168. The summed E-state index contributed by atoms with van der Waals surface area (Å²) in [4.78, 5) is 0. The maximum Gasteiger partial charge on any atom is 0.192 e. The summed E-state index contributed by atoms with van der Waals surface area (Å²) in [5.74, 6) is 6.30. The summed E-state index contributed by atoms with van der Waals surface area (Å²) in [5.41, 5.74) is 3.74. The van der Waals surface area contributed by atoms with E-state index in [0.717, 1.165) is 21.3 Å². The topological polar surface area (TPSA) is 62.3 Å². The number of anilines is 1. The zero-order valence-corrected chi connectivity index (χ0v) is 19.3. The monoisotopic (exact) mass is 445 g/mol. The summed E-state index contributed by atoms with van der Waals surface area (Å²) in [7, 11) is -1.83. The van der Waals surface area contributed by atoms with Crippen LogP contribution in [-0.2, 0) is 17.6 Å². The quantitative estimate of drug-likeness (QED) is 0.350. The first-order chi connectivity index (χ1) is 12.5. The van der Waals surface area contributed by atoms with Crippen molar-refractivity contribution in [2.24, 2.45) is 5.84 Å². The smallest absolute Gasteiger partial charge is 0.192 e. The van der Waals surface area contributed by atoms with E-state index in [1.54, 1.807) is 17.1 Å². The predicted molar refractivity (Wildman–Crippen MR) is 118 cm³/mol. The first-order valence-electron chi connectivity index (χ1n) is 8.98. The van der Waals surface area contributed by atoms with Crippen LogP contribution in [0.1, 0.15) is 37.5 Å². The highest BCUT2D eigenvalue weighted by Crippen LogP contribution is 2.37. The average molecular weight is 446 g/mol. The maximum absolute atomic E-state index is 8.95. The lowest BCUT2D eigenvalue weighted by atomic mass is 10.1. The van der Waals surface area contributed by atoms with Crippen molar-refractivity contribution in [3.63, 3.8) is 0 Å². The molecule has 0 fully saturated rings. The molecule has 0 amide bonds. The molecular formula is C21H28BrN3OSi. The van der Waals surface area contributed by atoms with Crippen LogP contribution in [0.25, 0.3) is 0 Å². The van der Waals surface area contributed by atoms with Gasteiger partial charge in [0.1, 0.15) is 0 Å². The number of hydrogen-bond acceptors (Lipinski definition) is 4. The Labute approximate surface area is 172 Å². The minimum atomic E-state index is -1.83. The van der Waals surface area contributed by atoms with Crippen LogP contribution in [-0.4, -0.2) is 8.32 Å². The molecule has 0 spiro atoms. The second-order valence-electron chi connectivity index (χ2n) is 8.21. The Hall–Kier alpha value is -1.65. The van der Waals surface area contributed by atoms with Crippen molar-refractivity contribution in [1.82, 2.24) is 0 Å². The number of benzene rings is 2. The highest BCUT2D eigenvalue weighted by molar-refractivity contribution is 9.10. The van der Waals surface area contributed by atoms with E-state index < -0.39 is 8.32 Å². The van der Waals surface area contributed by atoms with Crippen molar-refractivity contribution in [3.05, 3.63) is 63.6 Å². The van der Waals surface area contributed by atoms with E-state index in [2.05, 4.69) is 61.9 Å². The molecule has 0 saturated carbocycles. The molecule has 0 unspecified atom stereocenters. The molecule has 0 atom stereocenters. The third kappa shape index (κ3) is 5.42. The van der Waals surface area contributed by atoms with E-state index in [0.29, 0.717) is 18.7 Å². The van der Waals surface area contributed by atoms with Gasteiger partial charge in [0.2, 0.25) is 0 Å². The first kappa shape index (κ1) is 21.6. The molecule has 144 valence electrons. The fraction of sp³-hybridized carbons (Fsp3) is 0.381. The molecule has 0 radical (unpaired) electrons.